The minimum absolute atomic E-state index is 0.0491. The van der Waals surface area contributed by atoms with E-state index in [2.05, 4.69) is 16.3 Å². The number of carbonyl (C=O) groups is 1. The molecule has 0 unspecified atom stereocenters. The van der Waals surface area contributed by atoms with Crippen LogP contribution in [0, 0.1) is 0 Å². The zero-order valence-corrected chi connectivity index (χ0v) is 13.2. The second-order valence-electron chi connectivity index (χ2n) is 5.68. The molecule has 23 heavy (non-hydrogen) atoms. The number of nitrogens with one attached hydrogen (secondary N) is 1. The second kappa shape index (κ2) is 7.79. The molecule has 2 aromatic carbocycles. The SMILES string of the molecule is O=C(CCc1ccccc1)Nc1cccc(N2CCOCC2)c1. The average molecular weight is 310 g/mol. The highest BCUT2D eigenvalue weighted by molar-refractivity contribution is 5.91. The Morgan fingerprint density at radius 1 is 1.04 bits per heavy atom. The van der Waals surface area contributed by atoms with Crippen molar-refractivity contribution in [2.24, 2.45) is 0 Å². The highest BCUT2D eigenvalue weighted by Crippen LogP contribution is 2.20. The molecule has 1 N–H and O–H groups in total. The molecule has 4 heteroatoms. The maximum Gasteiger partial charge on any atom is 0.224 e. The number of morpholine rings is 1. The third-order valence-electron chi connectivity index (χ3n) is 3.99. The Balaban J connectivity index is 1.55. The van der Waals surface area contributed by atoms with Crippen LogP contribution in [0.2, 0.25) is 0 Å². The van der Waals surface area contributed by atoms with E-state index >= 15 is 0 Å². The molecule has 0 spiro atoms. The number of ether oxygens (including phenoxy) is 1. The van der Waals surface area contributed by atoms with Crippen molar-refractivity contribution in [3.8, 4) is 0 Å². The van der Waals surface area contributed by atoms with Gasteiger partial charge in [-0.2, -0.15) is 0 Å². The molecule has 1 fully saturated rings. The van der Waals surface area contributed by atoms with Crippen LogP contribution in [0.3, 0.4) is 0 Å². The number of carbonyl (C=O) groups excluding carboxylic acids is 1. The summed E-state index contributed by atoms with van der Waals surface area (Å²) < 4.78 is 5.38. The van der Waals surface area contributed by atoms with Crippen LogP contribution in [0.1, 0.15) is 12.0 Å². The smallest absolute Gasteiger partial charge is 0.224 e. The molecule has 0 bridgehead atoms. The molecule has 2 aromatic rings. The van der Waals surface area contributed by atoms with Gasteiger partial charge in [0.25, 0.3) is 0 Å². The quantitative estimate of drug-likeness (QED) is 0.922. The Bertz CT molecular complexity index is 637. The van der Waals surface area contributed by atoms with Gasteiger partial charge in [0.1, 0.15) is 0 Å². The molecule has 0 aromatic heterocycles. The van der Waals surface area contributed by atoms with E-state index in [0.717, 1.165) is 44.1 Å². The number of aryl methyl sites for hydroxylation is 1. The first-order chi connectivity index (χ1) is 11.3. The second-order valence-corrected chi connectivity index (χ2v) is 5.68. The molecule has 1 aliphatic heterocycles. The summed E-state index contributed by atoms with van der Waals surface area (Å²) in [6.45, 7) is 3.30. The Hall–Kier alpha value is -2.33. The van der Waals surface area contributed by atoms with Crippen LogP contribution in [0.15, 0.2) is 54.6 Å². The number of amides is 1. The molecule has 0 atom stereocenters. The average Bonchev–Trinajstić information content (AvgIpc) is 2.62. The predicted molar refractivity (Wildman–Crippen MR) is 92.9 cm³/mol. The van der Waals surface area contributed by atoms with Gasteiger partial charge in [-0.15, -0.1) is 0 Å². The molecular formula is C19H22N2O2. The van der Waals surface area contributed by atoms with Crippen LogP contribution >= 0.6 is 0 Å². The van der Waals surface area contributed by atoms with Crippen molar-refractivity contribution in [3.63, 3.8) is 0 Å². The summed E-state index contributed by atoms with van der Waals surface area (Å²) >= 11 is 0. The predicted octanol–water partition coefficient (Wildman–Crippen LogP) is 3.09. The van der Waals surface area contributed by atoms with Gasteiger partial charge in [-0.25, -0.2) is 0 Å². The Morgan fingerprint density at radius 3 is 2.61 bits per heavy atom. The number of hydrogen-bond acceptors (Lipinski definition) is 3. The Kier molecular flexibility index (Phi) is 5.27. The molecule has 1 aliphatic rings. The Morgan fingerprint density at radius 2 is 1.83 bits per heavy atom. The zero-order chi connectivity index (χ0) is 15.9. The molecule has 0 aliphatic carbocycles. The lowest BCUT2D eigenvalue weighted by molar-refractivity contribution is -0.116. The van der Waals surface area contributed by atoms with Crippen molar-refractivity contribution in [2.45, 2.75) is 12.8 Å². The van der Waals surface area contributed by atoms with Crippen molar-refractivity contribution in [1.29, 1.82) is 0 Å². The largest absolute Gasteiger partial charge is 0.378 e. The zero-order valence-electron chi connectivity index (χ0n) is 13.2. The highest BCUT2D eigenvalue weighted by Gasteiger charge is 2.12. The fourth-order valence-corrected chi connectivity index (χ4v) is 2.73. The molecule has 120 valence electrons. The summed E-state index contributed by atoms with van der Waals surface area (Å²) in [6, 6.07) is 18.1. The maximum atomic E-state index is 12.1. The number of nitrogens with zero attached hydrogens (tertiary/aromatic N) is 1. The van der Waals surface area contributed by atoms with Gasteiger partial charge in [0.15, 0.2) is 0 Å². The van der Waals surface area contributed by atoms with Crippen LogP contribution in [-0.4, -0.2) is 32.2 Å². The molecule has 1 heterocycles. The van der Waals surface area contributed by atoms with Crippen LogP contribution in [0.5, 0.6) is 0 Å². The van der Waals surface area contributed by atoms with E-state index in [0.29, 0.717) is 6.42 Å². The monoisotopic (exact) mass is 310 g/mol. The highest BCUT2D eigenvalue weighted by atomic mass is 16.5. The van der Waals surface area contributed by atoms with Gasteiger partial charge in [0.2, 0.25) is 5.91 Å². The van der Waals surface area contributed by atoms with Crippen molar-refractivity contribution in [1.82, 2.24) is 0 Å². The third-order valence-corrected chi connectivity index (χ3v) is 3.99. The van der Waals surface area contributed by atoms with Gasteiger partial charge >= 0.3 is 0 Å². The fraction of sp³-hybridized carbons (Fsp3) is 0.316. The molecular weight excluding hydrogens is 288 g/mol. The third kappa shape index (κ3) is 4.57. The van der Waals surface area contributed by atoms with Crippen LogP contribution in [0.25, 0.3) is 0 Å². The van der Waals surface area contributed by atoms with Gasteiger partial charge in [-0.05, 0) is 30.2 Å². The lowest BCUT2D eigenvalue weighted by atomic mass is 10.1. The van der Waals surface area contributed by atoms with Crippen molar-refractivity contribution in [2.75, 3.05) is 36.5 Å². The minimum Gasteiger partial charge on any atom is -0.378 e. The normalized spacial score (nSPS) is 14.5. The summed E-state index contributed by atoms with van der Waals surface area (Å²) in [6.07, 6.45) is 1.25. The van der Waals surface area contributed by atoms with E-state index in [1.165, 1.54) is 5.56 Å². The first-order valence-electron chi connectivity index (χ1n) is 8.08. The molecule has 1 amide bonds. The van der Waals surface area contributed by atoms with Crippen molar-refractivity contribution >= 4 is 17.3 Å². The van der Waals surface area contributed by atoms with E-state index in [9.17, 15) is 4.79 Å². The summed E-state index contributed by atoms with van der Waals surface area (Å²) in [4.78, 5) is 14.4. The van der Waals surface area contributed by atoms with E-state index in [-0.39, 0.29) is 5.91 Å². The lowest BCUT2D eigenvalue weighted by Crippen LogP contribution is -2.36. The standard InChI is InChI=1S/C19H22N2O2/c22-19(10-9-16-5-2-1-3-6-16)20-17-7-4-8-18(15-17)21-11-13-23-14-12-21/h1-8,15H,9-14H2,(H,20,22). The van der Waals surface area contributed by atoms with E-state index in [1.807, 2.05) is 48.5 Å². The number of rotatable bonds is 5. The molecule has 0 saturated carbocycles. The molecule has 3 rings (SSSR count). The number of hydrogen-bond donors (Lipinski definition) is 1. The van der Waals surface area contributed by atoms with Gasteiger partial charge < -0.3 is 15.0 Å². The first-order valence-corrected chi connectivity index (χ1v) is 8.08. The summed E-state index contributed by atoms with van der Waals surface area (Å²) in [5.41, 5.74) is 3.17. The summed E-state index contributed by atoms with van der Waals surface area (Å²) in [7, 11) is 0. The summed E-state index contributed by atoms with van der Waals surface area (Å²) in [5.74, 6) is 0.0491. The molecule has 4 nitrogen and oxygen atoms in total. The van der Waals surface area contributed by atoms with Gasteiger partial charge in [0, 0.05) is 30.9 Å². The van der Waals surface area contributed by atoms with Gasteiger partial charge in [-0.3, -0.25) is 4.79 Å². The first kappa shape index (κ1) is 15.6. The van der Waals surface area contributed by atoms with Crippen LogP contribution in [0.4, 0.5) is 11.4 Å². The van der Waals surface area contributed by atoms with E-state index < -0.39 is 0 Å². The van der Waals surface area contributed by atoms with Crippen LogP contribution < -0.4 is 10.2 Å². The minimum atomic E-state index is 0.0491. The summed E-state index contributed by atoms with van der Waals surface area (Å²) in [5, 5.41) is 2.99. The maximum absolute atomic E-state index is 12.1. The van der Waals surface area contributed by atoms with Crippen molar-refractivity contribution < 1.29 is 9.53 Å². The number of benzene rings is 2. The molecule has 0 radical (unpaired) electrons. The van der Waals surface area contributed by atoms with E-state index in [1.54, 1.807) is 0 Å². The Labute approximate surface area is 137 Å². The van der Waals surface area contributed by atoms with Gasteiger partial charge in [0.05, 0.1) is 13.2 Å². The van der Waals surface area contributed by atoms with Gasteiger partial charge in [-0.1, -0.05) is 36.4 Å². The lowest BCUT2D eigenvalue weighted by Gasteiger charge is -2.29. The van der Waals surface area contributed by atoms with E-state index in [4.69, 9.17) is 4.74 Å². The van der Waals surface area contributed by atoms with Crippen molar-refractivity contribution in [3.05, 3.63) is 60.2 Å². The topological polar surface area (TPSA) is 41.6 Å². The molecule has 1 saturated heterocycles. The van der Waals surface area contributed by atoms with Crippen LogP contribution in [-0.2, 0) is 16.0 Å². The number of anilines is 2. The fourth-order valence-electron chi connectivity index (χ4n) is 2.73.